The molecule has 0 N–H and O–H groups in total. The third-order valence-electron chi connectivity index (χ3n) is 5.43. The number of alkyl halides is 3. The van der Waals surface area contributed by atoms with Gasteiger partial charge in [0.2, 0.25) is 0 Å². The Kier molecular flexibility index (Phi) is 4.12. The first-order valence-corrected chi connectivity index (χ1v) is 8.98. The van der Waals surface area contributed by atoms with Crippen molar-refractivity contribution in [2.75, 3.05) is 0 Å². The van der Waals surface area contributed by atoms with Gasteiger partial charge in [-0.3, -0.25) is 4.79 Å². The standard InChI is InChI=1S/C19H20F3N3O/c1-11(26)13-4-6-14(7-5-13)15-8-9-16-18(17(15)19(20,21)22)23-24-25(16)10-12-2-3-12/h6,8-9,12-13H,2-5,7,10H2,1H3. The molecule has 1 aromatic carbocycles. The molecule has 1 unspecified atom stereocenters. The molecule has 2 aliphatic rings. The molecule has 1 heterocycles. The third-order valence-corrected chi connectivity index (χ3v) is 5.43. The molecule has 0 amide bonds. The lowest BCUT2D eigenvalue weighted by molar-refractivity contribution is -0.136. The minimum Gasteiger partial charge on any atom is -0.300 e. The van der Waals surface area contributed by atoms with Crippen LogP contribution in [0.5, 0.6) is 0 Å². The summed E-state index contributed by atoms with van der Waals surface area (Å²) in [4.78, 5) is 11.5. The molecule has 7 heteroatoms. The first kappa shape index (κ1) is 17.2. The predicted octanol–water partition coefficient (Wildman–Crippen LogP) is 4.63. The summed E-state index contributed by atoms with van der Waals surface area (Å²) >= 11 is 0. The Bertz CT molecular complexity index is 893. The van der Waals surface area contributed by atoms with Crippen molar-refractivity contribution >= 4 is 22.4 Å². The number of hydrogen-bond donors (Lipinski definition) is 0. The number of benzene rings is 1. The van der Waals surface area contributed by atoms with Gasteiger partial charge in [0.25, 0.3) is 0 Å². The van der Waals surface area contributed by atoms with Gasteiger partial charge < -0.3 is 0 Å². The zero-order valence-corrected chi connectivity index (χ0v) is 14.5. The monoisotopic (exact) mass is 363 g/mol. The number of hydrogen-bond acceptors (Lipinski definition) is 3. The average Bonchev–Trinajstić information content (AvgIpc) is 3.32. The minimum absolute atomic E-state index is 0.0785. The van der Waals surface area contributed by atoms with Crippen LogP contribution in [0.2, 0.25) is 0 Å². The highest BCUT2D eigenvalue weighted by atomic mass is 19.4. The Morgan fingerprint density at radius 2 is 2.04 bits per heavy atom. The quantitative estimate of drug-likeness (QED) is 0.796. The first-order chi connectivity index (χ1) is 12.3. The van der Waals surface area contributed by atoms with Crippen molar-refractivity contribution in [3.05, 3.63) is 29.3 Å². The van der Waals surface area contributed by atoms with Crippen LogP contribution in [0.25, 0.3) is 16.6 Å². The van der Waals surface area contributed by atoms with Crippen LogP contribution in [0.4, 0.5) is 13.2 Å². The molecule has 2 aliphatic carbocycles. The predicted molar refractivity (Wildman–Crippen MR) is 91.3 cm³/mol. The summed E-state index contributed by atoms with van der Waals surface area (Å²) in [6, 6.07) is 3.23. The number of carbonyl (C=O) groups is 1. The number of Topliss-reactive ketones (excluding diaryl/α,β-unsaturated/α-hetero) is 1. The summed E-state index contributed by atoms with van der Waals surface area (Å²) in [5.74, 6) is 0.504. The third kappa shape index (κ3) is 3.15. The number of ketones is 1. The van der Waals surface area contributed by atoms with Gasteiger partial charge in [-0.05, 0) is 62.1 Å². The van der Waals surface area contributed by atoms with E-state index in [1.165, 1.54) is 13.0 Å². The van der Waals surface area contributed by atoms with Crippen LogP contribution in [-0.2, 0) is 17.5 Å². The van der Waals surface area contributed by atoms with Crippen molar-refractivity contribution in [1.82, 2.24) is 15.0 Å². The van der Waals surface area contributed by atoms with E-state index in [2.05, 4.69) is 10.3 Å². The Balaban J connectivity index is 1.78. The minimum atomic E-state index is -4.51. The zero-order valence-electron chi connectivity index (χ0n) is 14.5. The SMILES string of the molecule is CC(=O)C1CC=C(c2ccc3c(nnn3CC3CC3)c2C(F)(F)F)CC1. The van der Waals surface area contributed by atoms with Gasteiger partial charge in [-0.15, -0.1) is 5.10 Å². The molecule has 26 heavy (non-hydrogen) atoms. The van der Waals surface area contributed by atoms with E-state index in [1.807, 2.05) is 0 Å². The lowest BCUT2D eigenvalue weighted by Gasteiger charge is -2.22. The van der Waals surface area contributed by atoms with Crippen molar-refractivity contribution in [1.29, 1.82) is 0 Å². The maximum atomic E-state index is 13.9. The number of nitrogens with zero attached hydrogens (tertiary/aromatic N) is 3. The van der Waals surface area contributed by atoms with Crippen LogP contribution >= 0.6 is 0 Å². The van der Waals surface area contributed by atoms with Crippen molar-refractivity contribution in [2.45, 2.75) is 51.7 Å². The maximum absolute atomic E-state index is 13.9. The summed E-state index contributed by atoms with van der Waals surface area (Å²) in [7, 11) is 0. The second-order valence-electron chi connectivity index (χ2n) is 7.38. The summed E-state index contributed by atoms with van der Waals surface area (Å²) in [5.41, 5.74) is 0.472. The highest BCUT2D eigenvalue weighted by Gasteiger charge is 2.38. The summed E-state index contributed by atoms with van der Waals surface area (Å²) < 4.78 is 43.2. The topological polar surface area (TPSA) is 47.8 Å². The molecule has 1 saturated carbocycles. The second kappa shape index (κ2) is 6.21. The molecule has 0 spiro atoms. The smallest absolute Gasteiger partial charge is 0.300 e. The molecular formula is C19H20F3N3O. The number of rotatable bonds is 4. The molecule has 1 aromatic heterocycles. The number of halogens is 3. The van der Waals surface area contributed by atoms with Crippen LogP contribution in [-0.4, -0.2) is 20.8 Å². The normalized spacial score (nSPS) is 21.1. The van der Waals surface area contributed by atoms with Crippen molar-refractivity contribution in [3.8, 4) is 0 Å². The molecule has 2 aromatic rings. The molecule has 0 radical (unpaired) electrons. The van der Waals surface area contributed by atoms with Gasteiger partial charge in [0, 0.05) is 12.5 Å². The van der Waals surface area contributed by atoms with E-state index in [0.717, 1.165) is 12.8 Å². The van der Waals surface area contributed by atoms with Gasteiger partial charge in [0.15, 0.2) is 0 Å². The number of aromatic nitrogens is 3. The Morgan fingerprint density at radius 1 is 1.27 bits per heavy atom. The molecular weight excluding hydrogens is 343 g/mol. The largest absolute Gasteiger partial charge is 0.419 e. The average molecular weight is 363 g/mol. The van der Waals surface area contributed by atoms with E-state index in [0.29, 0.717) is 42.8 Å². The van der Waals surface area contributed by atoms with Gasteiger partial charge in [-0.2, -0.15) is 13.2 Å². The van der Waals surface area contributed by atoms with E-state index < -0.39 is 11.7 Å². The van der Waals surface area contributed by atoms with Gasteiger partial charge >= 0.3 is 6.18 Å². The molecule has 0 aliphatic heterocycles. The summed E-state index contributed by atoms with van der Waals surface area (Å²) in [5, 5.41) is 7.85. The Hall–Kier alpha value is -2.18. The van der Waals surface area contributed by atoms with E-state index in [1.54, 1.807) is 16.8 Å². The molecule has 1 atom stereocenters. The summed E-state index contributed by atoms with van der Waals surface area (Å²) in [6.07, 6.45) is 1.01. The fourth-order valence-electron chi connectivity index (χ4n) is 3.72. The highest BCUT2D eigenvalue weighted by Crippen LogP contribution is 2.42. The van der Waals surface area contributed by atoms with Crippen LogP contribution in [0.3, 0.4) is 0 Å². The van der Waals surface area contributed by atoms with Crippen molar-refractivity contribution in [3.63, 3.8) is 0 Å². The fourth-order valence-corrected chi connectivity index (χ4v) is 3.72. The van der Waals surface area contributed by atoms with Crippen LogP contribution in [0, 0.1) is 11.8 Å². The van der Waals surface area contributed by atoms with Crippen LogP contribution < -0.4 is 0 Å². The lowest BCUT2D eigenvalue weighted by atomic mass is 9.83. The van der Waals surface area contributed by atoms with Gasteiger partial charge in [0.1, 0.15) is 11.3 Å². The molecule has 0 saturated heterocycles. The number of allylic oxidation sites excluding steroid dienone is 2. The Morgan fingerprint density at radius 3 is 2.62 bits per heavy atom. The van der Waals surface area contributed by atoms with Gasteiger partial charge in [-0.1, -0.05) is 17.4 Å². The summed E-state index contributed by atoms with van der Waals surface area (Å²) in [6.45, 7) is 2.16. The highest BCUT2D eigenvalue weighted by molar-refractivity contribution is 5.87. The molecule has 0 bridgehead atoms. The first-order valence-electron chi connectivity index (χ1n) is 8.98. The number of carbonyl (C=O) groups excluding carboxylic acids is 1. The maximum Gasteiger partial charge on any atom is 0.419 e. The molecule has 4 rings (SSSR count). The van der Waals surface area contributed by atoms with E-state index >= 15 is 0 Å². The Labute approximate surface area is 149 Å². The van der Waals surface area contributed by atoms with Gasteiger partial charge in [0.05, 0.1) is 11.1 Å². The van der Waals surface area contributed by atoms with Crippen molar-refractivity contribution in [2.24, 2.45) is 11.8 Å². The van der Waals surface area contributed by atoms with Gasteiger partial charge in [-0.25, -0.2) is 4.68 Å². The second-order valence-corrected chi connectivity index (χ2v) is 7.38. The van der Waals surface area contributed by atoms with Crippen LogP contribution in [0.15, 0.2) is 18.2 Å². The fraction of sp³-hybridized carbons (Fsp3) is 0.526. The van der Waals surface area contributed by atoms with Crippen LogP contribution in [0.1, 0.15) is 50.2 Å². The molecule has 1 fully saturated rings. The molecule has 138 valence electrons. The van der Waals surface area contributed by atoms with Crippen molar-refractivity contribution < 1.29 is 18.0 Å². The molecule has 4 nitrogen and oxygen atoms in total. The number of fused-ring (bicyclic) bond motifs is 1. The van der Waals surface area contributed by atoms with E-state index in [9.17, 15) is 18.0 Å². The van der Waals surface area contributed by atoms with E-state index in [4.69, 9.17) is 0 Å². The zero-order chi connectivity index (χ0) is 18.5. The lowest BCUT2D eigenvalue weighted by Crippen LogP contribution is -2.15. The van der Waals surface area contributed by atoms with E-state index in [-0.39, 0.29) is 22.8 Å².